The first-order valence-corrected chi connectivity index (χ1v) is 10.2. The highest BCUT2D eigenvalue weighted by atomic mass is 35.5. The molecule has 0 saturated carbocycles. The van der Waals surface area contributed by atoms with E-state index in [4.69, 9.17) is 23.8 Å². The highest BCUT2D eigenvalue weighted by Gasteiger charge is 2.14. The van der Waals surface area contributed by atoms with Crippen LogP contribution in [0.15, 0.2) is 41.1 Å². The Balaban J connectivity index is 1.51. The van der Waals surface area contributed by atoms with Gasteiger partial charge in [-0.25, -0.2) is 0 Å². The highest BCUT2D eigenvalue weighted by Crippen LogP contribution is 2.28. The first-order chi connectivity index (χ1) is 13.1. The molecular weight excluding hydrogens is 424 g/mol. The molecule has 0 aliphatic heterocycles. The molecule has 3 aromatic heterocycles. The van der Waals surface area contributed by atoms with Crippen LogP contribution in [0.4, 0.5) is 5.13 Å². The first kappa shape index (κ1) is 18.0. The van der Waals surface area contributed by atoms with E-state index in [0.717, 1.165) is 16.1 Å². The topological polar surface area (TPSA) is 88.5 Å². The van der Waals surface area contributed by atoms with Crippen molar-refractivity contribution in [1.29, 1.82) is 0 Å². The molecule has 1 amide bonds. The van der Waals surface area contributed by atoms with Crippen LogP contribution in [-0.4, -0.2) is 30.9 Å². The van der Waals surface area contributed by atoms with Gasteiger partial charge in [-0.05, 0) is 47.9 Å². The lowest BCUT2D eigenvalue weighted by atomic mass is 10.2. The van der Waals surface area contributed by atoms with Crippen molar-refractivity contribution >= 4 is 57.5 Å². The number of carbonyl (C=O) groups excluding carboxylic acids is 1. The van der Waals surface area contributed by atoms with Crippen molar-refractivity contribution in [2.45, 2.75) is 6.54 Å². The molecule has 0 aliphatic carbocycles. The molecule has 0 spiro atoms. The molecule has 0 unspecified atom stereocenters. The summed E-state index contributed by atoms with van der Waals surface area (Å²) in [6.45, 7) is 0.000652. The van der Waals surface area contributed by atoms with Crippen molar-refractivity contribution in [1.82, 2.24) is 25.0 Å². The predicted molar refractivity (Wildman–Crippen MR) is 110 cm³/mol. The molecule has 7 nitrogen and oxygen atoms in total. The van der Waals surface area contributed by atoms with E-state index in [1.165, 1.54) is 11.3 Å². The Morgan fingerprint density at radius 2 is 2.04 bits per heavy atom. The number of rotatable bonds is 5. The molecule has 0 atom stereocenters. The minimum atomic E-state index is -0.268. The summed E-state index contributed by atoms with van der Waals surface area (Å²) in [6, 6.07) is 9.11. The molecule has 0 bridgehead atoms. The Hall–Kier alpha value is -2.40. The number of halogens is 1. The second-order valence-corrected chi connectivity index (χ2v) is 8.00. The molecule has 0 fully saturated rings. The van der Waals surface area contributed by atoms with Gasteiger partial charge >= 0.3 is 0 Å². The average molecular weight is 435 g/mol. The Kier molecular flexibility index (Phi) is 5.12. The van der Waals surface area contributed by atoms with Crippen molar-refractivity contribution < 1.29 is 4.79 Å². The van der Waals surface area contributed by atoms with Crippen molar-refractivity contribution in [3.63, 3.8) is 0 Å². The largest absolute Gasteiger partial charge is 0.299 e. The molecule has 11 heteroatoms. The Morgan fingerprint density at radius 3 is 2.78 bits per heavy atom. The third-order valence-corrected chi connectivity index (χ3v) is 5.74. The third kappa shape index (κ3) is 3.98. The number of carbonyl (C=O) groups is 1. The number of aromatic amines is 1. The summed E-state index contributed by atoms with van der Waals surface area (Å²) >= 11 is 14.1. The van der Waals surface area contributed by atoms with E-state index < -0.39 is 0 Å². The lowest BCUT2D eigenvalue weighted by Crippen LogP contribution is -2.19. The highest BCUT2D eigenvalue weighted by molar-refractivity contribution is 7.71. The SMILES string of the molecule is O=C(Cn1c(-c2ccc(Cl)cc2)n[nH]c1=S)Nc1nnc(-c2ccsc2)s1. The van der Waals surface area contributed by atoms with Gasteiger partial charge < -0.3 is 0 Å². The first-order valence-electron chi connectivity index (χ1n) is 7.67. The smallest absolute Gasteiger partial charge is 0.246 e. The monoisotopic (exact) mass is 434 g/mol. The zero-order valence-corrected chi connectivity index (χ0v) is 16.8. The molecule has 27 heavy (non-hydrogen) atoms. The number of thiophene rings is 1. The number of aromatic nitrogens is 5. The molecule has 0 radical (unpaired) electrons. The average Bonchev–Trinajstić information content (AvgIpc) is 3.38. The maximum absolute atomic E-state index is 12.5. The summed E-state index contributed by atoms with van der Waals surface area (Å²) in [4.78, 5) is 12.5. The van der Waals surface area contributed by atoms with Gasteiger partial charge in [0.1, 0.15) is 11.6 Å². The Labute approximate surface area is 171 Å². The second kappa shape index (κ2) is 7.69. The Morgan fingerprint density at radius 1 is 1.22 bits per heavy atom. The van der Waals surface area contributed by atoms with E-state index in [-0.39, 0.29) is 12.5 Å². The normalized spacial score (nSPS) is 10.9. The summed E-state index contributed by atoms with van der Waals surface area (Å²) in [7, 11) is 0. The molecule has 136 valence electrons. The second-order valence-electron chi connectivity index (χ2n) is 5.42. The van der Waals surface area contributed by atoms with E-state index in [1.54, 1.807) is 28.0 Å². The van der Waals surface area contributed by atoms with Crippen LogP contribution in [0, 0.1) is 4.77 Å². The summed E-state index contributed by atoms with van der Waals surface area (Å²) < 4.78 is 1.97. The number of hydrogen-bond acceptors (Lipinski definition) is 7. The van der Waals surface area contributed by atoms with Crippen LogP contribution in [-0.2, 0) is 11.3 Å². The van der Waals surface area contributed by atoms with E-state index in [0.29, 0.717) is 20.7 Å². The lowest BCUT2D eigenvalue weighted by Gasteiger charge is -2.06. The fraction of sp³-hybridized carbons (Fsp3) is 0.0625. The maximum atomic E-state index is 12.5. The minimum Gasteiger partial charge on any atom is -0.299 e. The van der Waals surface area contributed by atoms with Crippen LogP contribution in [0.5, 0.6) is 0 Å². The maximum Gasteiger partial charge on any atom is 0.246 e. The number of nitrogens with zero attached hydrogens (tertiary/aromatic N) is 4. The minimum absolute atomic E-state index is 0.000652. The number of nitrogens with one attached hydrogen (secondary N) is 2. The fourth-order valence-corrected chi connectivity index (χ4v) is 4.16. The van der Waals surface area contributed by atoms with Crippen molar-refractivity contribution in [3.8, 4) is 22.0 Å². The number of H-pyrrole nitrogens is 1. The van der Waals surface area contributed by atoms with Gasteiger partial charge in [-0.1, -0.05) is 22.9 Å². The molecular formula is C16H11ClN6OS3. The Bertz CT molecular complexity index is 1130. The van der Waals surface area contributed by atoms with Crippen LogP contribution in [0.25, 0.3) is 22.0 Å². The van der Waals surface area contributed by atoms with Crippen molar-refractivity contribution in [2.24, 2.45) is 0 Å². The molecule has 0 aliphatic rings. The predicted octanol–water partition coefficient (Wildman–Crippen LogP) is 4.48. The number of benzene rings is 1. The van der Waals surface area contributed by atoms with Crippen LogP contribution in [0.2, 0.25) is 5.02 Å². The fourth-order valence-electron chi connectivity index (χ4n) is 2.36. The van der Waals surface area contributed by atoms with Gasteiger partial charge in [0.05, 0.1) is 0 Å². The van der Waals surface area contributed by atoms with Gasteiger partial charge in [-0.15, -0.1) is 10.2 Å². The van der Waals surface area contributed by atoms with Gasteiger partial charge in [0.15, 0.2) is 10.6 Å². The van der Waals surface area contributed by atoms with Crippen LogP contribution < -0.4 is 5.32 Å². The molecule has 2 N–H and O–H groups in total. The van der Waals surface area contributed by atoms with Crippen LogP contribution in [0.1, 0.15) is 0 Å². The van der Waals surface area contributed by atoms with Crippen molar-refractivity contribution in [2.75, 3.05) is 5.32 Å². The van der Waals surface area contributed by atoms with Crippen LogP contribution in [0.3, 0.4) is 0 Å². The van der Waals surface area contributed by atoms with Gasteiger partial charge in [0, 0.05) is 21.5 Å². The standard InChI is InChI=1S/C16H11ClN6OS3/c17-11-3-1-9(2-4-11)13-19-22-16(25)23(13)7-12(24)18-15-21-20-14(27-15)10-5-6-26-8-10/h1-6,8H,7H2,(H,22,25)(H,18,21,24). The number of amides is 1. The molecule has 1 aromatic carbocycles. The zero-order chi connectivity index (χ0) is 18.8. The van der Waals surface area contributed by atoms with E-state index >= 15 is 0 Å². The summed E-state index contributed by atoms with van der Waals surface area (Å²) in [5.74, 6) is 0.291. The van der Waals surface area contributed by atoms with E-state index in [9.17, 15) is 4.79 Å². The van der Waals surface area contributed by atoms with Crippen molar-refractivity contribution in [3.05, 3.63) is 50.9 Å². The van der Waals surface area contributed by atoms with E-state index in [1.807, 2.05) is 29.0 Å². The van der Waals surface area contributed by atoms with Crippen LogP contribution >= 0.6 is 46.5 Å². The van der Waals surface area contributed by atoms with Gasteiger partial charge in [0.2, 0.25) is 11.0 Å². The van der Waals surface area contributed by atoms with Gasteiger partial charge in [0.25, 0.3) is 0 Å². The third-order valence-electron chi connectivity index (χ3n) is 3.60. The molecule has 0 saturated heterocycles. The molecule has 3 heterocycles. The number of hydrogen-bond donors (Lipinski definition) is 2. The quantitative estimate of drug-likeness (QED) is 0.452. The molecule has 4 aromatic rings. The summed E-state index contributed by atoms with van der Waals surface area (Å²) in [5.41, 5.74) is 1.79. The molecule has 4 rings (SSSR count). The van der Waals surface area contributed by atoms with E-state index in [2.05, 4.69) is 25.7 Å². The summed E-state index contributed by atoms with van der Waals surface area (Å²) in [6.07, 6.45) is 0. The lowest BCUT2D eigenvalue weighted by molar-refractivity contribution is -0.116. The van der Waals surface area contributed by atoms with Gasteiger partial charge in [-0.3, -0.25) is 19.8 Å². The van der Waals surface area contributed by atoms with Gasteiger partial charge in [-0.2, -0.15) is 16.4 Å². The summed E-state index contributed by atoms with van der Waals surface area (Å²) in [5, 5.41) is 23.6. The number of anilines is 1. The zero-order valence-electron chi connectivity index (χ0n) is 13.5.